The second-order valence-corrected chi connectivity index (χ2v) is 18.2. The van der Waals surface area contributed by atoms with Gasteiger partial charge in [0.2, 0.25) is 0 Å². The first kappa shape index (κ1) is 35.3. The Morgan fingerprint density at radius 3 is 1.89 bits per heavy atom. The van der Waals surface area contributed by atoms with Crippen LogP contribution < -0.4 is 4.90 Å². The monoisotopic (exact) mass is 792 g/mol. The minimum absolute atomic E-state index is 0.110. The Hall–Kier alpha value is -7.42. The van der Waals surface area contributed by atoms with Crippen molar-refractivity contribution in [2.75, 3.05) is 4.90 Å². The average Bonchev–Trinajstić information content (AvgIpc) is 4.02. The first-order valence-corrected chi connectivity index (χ1v) is 22.0. The molecule has 0 N–H and O–H groups in total. The van der Waals surface area contributed by atoms with E-state index < -0.39 is 0 Å². The summed E-state index contributed by atoms with van der Waals surface area (Å²) < 4.78 is 2.39. The number of benzene rings is 9. The molecule has 0 radical (unpaired) electrons. The van der Waals surface area contributed by atoms with E-state index in [2.05, 4.69) is 230 Å². The van der Waals surface area contributed by atoms with E-state index in [4.69, 9.17) is 0 Å². The second kappa shape index (κ2) is 13.0. The van der Waals surface area contributed by atoms with Crippen molar-refractivity contribution in [3.63, 3.8) is 0 Å². The number of rotatable bonds is 5. The van der Waals surface area contributed by atoms with Crippen molar-refractivity contribution in [2.45, 2.75) is 37.5 Å². The predicted molar refractivity (Wildman–Crippen MR) is 259 cm³/mol. The van der Waals surface area contributed by atoms with Gasteiger partial charge in [0.1, 0.15) is 0 Å². The molecule has 0 amide bonds. The summed E-state index contributed by atoms with van der Waals surface area (Å²) in [6, 6.07) is 77.4. The molecular formula is C60H44N2. The lowest BCUT2D eigenvalue weighted by Gasteiger charge is -2.31. The van der Waals surface area contributed by atoms with Crippen LogP contribution in [0.3, 0.4) is 0 Å². The third-order valence-electron chi connectivity index (χ3n) is 14.6. The molecule has 0 saturated carbocycles. The summed E-state index contributed by atoms with van der Waals surface area (Å²) in [6.07, 6.45) is 2.02. The summed E-state index contributed by atoms with van der Waals surface area (Å²) in [5.74, 6) is 0. The van der Waals surface area contributed by atoms with Gasteiger partial charge in [-0.05, 0) is 135 Å². The Morgan fingerprint density at radius 1 is 0.419 bits per heavy atom. The number of aromatic nitrogens is 1. The highest BCUT2D eigenvalue weighted by Crippen LogP contribution is 2.58. The van der Waals surface area contributed by atoms with Gasteiger partial charge in [0.05, 0.1) is 16.7 Å². The largest absolute Gasteiger partial charge is 0.310 e. The Balaban J connectivity index is 1.02. The molecule has 0 unspecified atom stereocenters. The van der Waals surface area contributed by atoms with Gasteiger partial charge in [0.15, 0.2) is 0 Å². The van der Waals surface area contributed by atoms with Crippen molar-refractivity contribution in [1.82, 2.24) is 4.57 Å². The highest BCUT2D eigenvalue weighted by molar-refractivity contribution is 6.10. The first-order chi connectivity index (χ1) is 30.5. The molecule has 9 aromatic carbocycles. The van der Waals surface area contributed by atoms with E-state index in [1.165, 1.54) is 106 Å². The van der Waals surface area contributed by atoms with Gasteiger partial charge in [-0.15, -0.1) is 0 Å². The summed E-state index contributed by atoms with van der Waals surface area (Å²) in [6.45, 7) is 4.76. The molecule has 13 rings (SSSR count). The number of para-hydroxylation sites is 2. The molecule has 10 aromatic rings. The SMILES string of the molecule is CC1(C)c2ccccc2-c2c(N(c3cccc(-c4ccc5c(c4)c4ccccc4n5-c4ccccc4)c3)c3ccc4c(c3)C3(Cc5ccccc5C3)c3ccccc3-4)cccc21. The van der Waals surface area contributed by atoms with Gasteiger partial charge in [0, 0.05) is 44.2 Å². The van der Waals surface area contributed by atoms with Gasteiger partial charge in [0.25, 0.3) is 0 Å². The third kappa shape index (κ3) is 4.92. The van der Waals surface area contributed by atoms with Crippen LogP contribution in [-0.4, -0.2) is 4.57 Å². The normalized spacial score (nSPS) is 14.7. The van der Waals surface area contributed by atoms with Gasteiger partial charge in [-0.3, -0.25) is 0 Å². The minimum atomic E-state index is -0.122. The summed E-state index contributed by atoms with van der Waals surface area (Å²) in [5.41, 5.74) is 23.2. The lowest BCUT2D eigenvalue weighted by atomic mass is 9.75. The molecule has 62 heavy (non-hydrogen) atoms. The fourth-order valence-corrected chi connectivity index (χ4v) is 11.8. The van der Waals surface area contributed by atoms with Crippen molar-refractivity contribution in [2.24, 2.45) is 0 Å². The molecule has 294 valence electrons. The molecule has 3 aliphatic carbocycles. The fraction of sp³-hybridized carbons (Fsp3) is 0.100. The zero-order valence-electron chi connectivity index (χ0n) is 34.9. The molecule has 0 bridgehead atoms. The van der Waals surface area contributed by atoms with E-state index in [0.29, 0.717) is 0 Å². The van der Waals surface area contributed by atoms with E-state index in [-0.39, 0.29) is 10.8 Å². The average molecular weight is 793 g/mol. The smallest absolute Gasteiger partial charge is 0.0543 e. The molecular weight excluding hydrogens is 749 g/mol. The van der Waals surface area contributed by atoms with Crippen molar-refractivity contribution < 1.29 is 0 Å². The van der Waals surface area contributed by atoms with Crippen LogP contribution in [-0.2, 0) is 23.7 Å². The second-order valence-electron chi connectivity index (χ2n) is 18.2. The standard InChI is InChI=1S/C60H44N2/c1-59(2)51-25-11-9-24-49(51)58-53(59)27-15-29-57(58)61(45-31-32-47-46-22-8-12-26-52(46)60(54(47)36-45)37-41-16-6-7-17-42(41)38-60)44-21-14-18-39(34-44)40-30-33-56-50(35-40)48-23-10-13-28-55(48)62(56)43-19-4-3-5-20-43/h3-36H,37-38H2,1-2H3. The molecule has 0 fully saturated rings. The molecule has 0 saturated heterocycles. The van der Waals surface area contributed by atoms with Crippen LogP contribution in [0.1, 0.15) is 47.2 Å². The minimum Gasteiger partial charge on any atom is -0.310 e. The fourth-order valence-electron chi connectivity index (χ4n) is 11.8. The van der Waals surface area contributed by atoms with Crippen LogP contribution in [0.2, 0.25) is 0 Å². The lowest BCUT2D eigenvalue weighted by molar-refractivity contribution is 0.563. The van der Waals surface area contributed by atoms with Crippen LogP contribution in [0.5, 0.6) is 0 Å². The first-order valence-electron chi connectivity index (χ1n) is 22.0. The third-order valence-corrected chi connectivity index (χ3v) is 14.6. The van der Waals surface area contributed by atoms with Crippen molar-refractivity contribution >= 4 is 38.9 Å². The van der Waals surface area contributed by atoms with E-state index in [9.17, 15) is 0 Å². The molecule has 2 nitrogen and oxygen atoms in total. The molecule has 0 atom stereocenters. The molecule has 2 heteroatoms. The van der Waals surface area contributed by atoms with Crippen molar-refractivity contribution in [3.8, 4) is 39.1 Å². The van der Waals surface area contributed by atoms with Crippen molar-refractivity contribution in [1.29, 1.82) is 0 Å². The van der Waals surface area contributed by atoms with Crippen LogP contribution in [0.15, 0.2) is 206 Å². The summed E-state index contributed by atoms with van der Waals surface area (Å²) in [7, 11) is 0. The Kier molecular flexibility index (Phi) is 7.43. The molecule has 1 spiro atoms. The Bertz CT molecular complexity index is 3430. The zero-order chi connectivity index (χ0) is 41.2. The van der Waals surface area contributed by atoms with Gasteiger partial charge in [-0.1, -0.05) is 159 Å². The van der Waals surface area contributed by atoms with Crippen molar-refractivity contribution in [3.05, 3.63) is 240 Å². The van der Waals surface area contributed by atoms with Crippen LogP contribution >= 0.6 is 0 Å². The van der Waals surface area contributed by atoms with E-state index >= 15 is 0 Å². The van der Waals surface area contributed by atoms with E-state index in [1.54, 1.807) is 0 Å². The number of hydrogen-bond donors (Lipinski definition) is 0. The highest BCUT2D eigenvalue weighted by Gasteiger charge is 2.47. The summed E-state index contributed by atoms with van der Waals surface area (Å²) >= 11 is 0. The number of nitrogens with zero attached hydrogens (tertiary/aromatic N) is 2. The van der Waals surface area contributed by atoms with Gasteiger partial charge >= 0.3 is 0 Å². The molecule has 0 aliphatic heterocycles. The number of fused-ring (bicyclic) bond motifs is 12. The van der Waals surface area contributed by atoms with E-state index in [1.807, 2.05) is 0 Å². The van der Waals surface area contributed by atoms with Gasteiger partial charge in [-0.2, -0.15) is 0 Å². The maximum Gasteiger partial charge on any atom is 0.0543 e. The number of anilines is 3. The summed E-state index contributed by atoms with van der Waals surface area (Å²) in [4.78, 5) is 2.55. The predicted octanol–water partition coefficient (Wildman–Crippen LogP) is 15.3. The maximum absolute atomic E-state index is 2.55. The molecule has 1 aromatic heterocycles. The van der Waals surface area contributed by atoms with Crippen LogP contribution in [0.25, 0.3) is 60.9 Å². The Labute approximate surface area is 363 Å². The van der Waals surface area contributed by atoms with Gasteiger partial charge in [-0.25, -0.2) is 0 Å². The zero-order valence-corrected chi connectivity index (χ0v) is 34.9. The van der Waals surface area contributed by atoms with Crippen LogP contribution in [0.4, 0.5) is 17.1 Å². The molecule has 1 heterocycles. The number of hydrogen-bond acceptors (Lipinski definition) is 1. The Morgan fingerprint density at radius 2 is 1.05 bits per heavy atom. The molecule has 3 aliphatic rings. The van der Waals surface area contributed by atoms with Gasteiger partial charge < -0.3 is 9.47 Å². The quantitative estimate of drug-likeness (QED) is 0.169. The lowest BCUT2D eigenvalue weighted by Crippen LogP contribution is -2.26. The summed E-state index contributed by atoms with van der Waals surface area (Å²) in [5, 5.41) is 2.51. The van der Waals surface area contributed by atoms with Crippen LogP contribution in [0, 0.1) is 0 Å². The maximum atomic E-state index is 2.55. The topological polar surface area (TPSA) is 8.17 Å². The highest BCUT2D eigenvalue weighted by atomic mass is 15.1. The van der Waals surface area contributed by atoms with E-state index in [0.717, 1.165) is 18.5 Å².